The molecule has 0 radical (unpaired) electrons. The Morgan fingerprint density at radius 3 is 2.44 bits per heavy atom. The molecule has 0 aliphatic heterocycles. The molecule has 0 saturated heterocycles. The molecule has 0 bridgehead atoms. The van der Waals surface area contributed by atoms with Gasteiger partial charge in [0.05, 0.1) is 11.3 Å². The van der Waals surface area contributed by atoms with Crippen LogP contribution < -0.4 is 10.6 Å². The molecular weight excluding hydrogens is 230 g/mol. The molecule has 0 aliphatic carbocycles. The fraction of sp³-hybridized carbons (Fsp3) is 0.583. The molecule has 18 heavy (non-hydrogen) atoms. The smallest absolute Gasteiger partial charge is 0.174 e. The van der Waals surface area contributed by atoms with Crippen LogP contribution in [0.5, 0.6) is 0 Å². The summed E-state index contributed by atoms with van der Waals surface area (Å²) in [6.07, 6.45) is 0. The highest BCUT2D eigenvalue weighted by molar-refractivity contribution is 6.02. The molecule has 0 amide bonds. The van der Waals surface area contributed by atoms with Crippen molar-refractivity contribution < 1.29 is 5.21 Å². The van der Waals surface area contributed by atoms with E-state index >= 15 is 0 Å². The third-order valence-corrected chi connectivity index (χ3v) is 3.04. The van der Waals surface area contributed by atoms with Crippen LogP contribution in [0.3, 0.4) is 0 Å². The number of anilines is 1. The minimum atomic E-state index is 0.0691. The first-order valence-electron chi connectivity index (χ1n) is 6.02. The summed E-state index contributed by atoms with van der Waals surface area (Å²) in [5.74, 6) is 0.727. The summed E-state index contributed by atoms with van der Waals surface area (Å²) in [4.78, 5) is 2.06. The number of nitrogens with zero attached hydrogens (tertiary/aromatic N) is 4. The zero-order chi connectivity index (χ0) is 13.9. The number of amidine groups is 1. The van der Waals surface area contributed by atoms with Crippen molar-refractivity contribution in [2.75, 3.05) is 11.4 Å². The van der Waals surface area contributed by atoms with Gasteiger partial charge in [-0.05, 0) is 40.2 Å². The second-order valence-corrected chi connectivity index (χ2v) is 4.47. The van der Waals surface area contributed by atoms with E-state index < -0.39 is 0 Å². The van der Waals surface area contributed by atoms with Gasteiger partial charge in [0.15, 0.2) is 11.7 Å². The molecule has 1 aromatic rings. The van der Waals surface area contributed by atoms with Crippen LogP contribution in [0.4, 0.5) is 5.82 Å². The van der Waals surface area contributed by atoms with Gasteiger partial charge in [0.2, 0.25) is 0 Å². The lowest BCUT2D eigenvalue weighted by atomic mass is 10.1. The lowest BCUT2D eigenvalue weighted by Gasteiger charge is -2.28. The maximum Gasteiger partial charge on any atom is 0.174 e. The van der Waals surface area contributed by atoms with Crippen LogP contribution in [0.15, 0.2) is 5.16 Å². The highest BCUT2D eigenvalue weighted by atomic mass is 16.4. The molecule has 6 heteroatoms. The van der Waals surface area contributed by atoms with Crippen molar-refractivity contribution in [1.82, 2.24) is 10.2 Å². The van der Waals surface area contributed by atoms with Crippen LogP contribution in [0.25, 0.3) is 0 Å². The Morgan fingerprint density at radius 1 is 1.39 bits per heavy atom. The summed E-state index contributed by atoms with van der Waals surface area (Å²) in [7, 11) is 0. The van der Waals surface area contributed by atoms with Gasteiger partial charge in [-0.3, -0.25) is 0 Å². The average Bonchev–Trinajstić information content (AvgIpc) is 2.33. The van der Waals surface area contributed by atoms with E-state index in [1.54, 1.807) is 0 Å². The lowest BCUT2D eigenvalue weighted by molar-refractivity contribution is 0.318. The van der Waals surface area contributed by atoms with Crippen molar-refractivity contribution in [2.24, 2.45) is 10.9 Å². The van der Waals surface area contributed by atoms with Crippen LogP contribution in [-0.2, 0) is 0 Å². The highest BCUT2D eigenvalue weighted by Gasteiger charge is 2.21. The second kappa shape index (κ2) is 5.66. The number of oxime groups is 1. The van der Waals surface area contributed by atoms with Crippen LogP contribution in [0, 0.1) is 13.8 Å². The number of rotatable bonds is 4. The van der Waals surface area contributed by atoms with Crippen LogP contribution in [0.2, 0.25) is 0 Å². The van der Waals surface area contributed by atoms with Crippen molar-refractivity contribution in [3.8, 4) is 0 Å². The average molecular weight is 251 g/mol. The van der Waals surface area contributed by atoms with Crippen molar-refractivity contribution in [1.29, 1.82) is 0 Å². The molecule has 3 N–H and O–H groups in total. The Balaban J connectivity index is 3.49. The number of hydrogen-bond donors (Lipinski definition) is 2. The molecule has 0 fully saturated rings. The number of nitrogens with two attached hydrogens (primary N) is 1. The zero-order valence-corrected chi connectivity index (χ0v) is 11.6. The van der Waals surface area contributed by atoms with Gasteiger partial charge in [-0.1, -0.05) is 5.16 Å². The van der Waals surface area contributed by atoms with Crippen molar-refractivity contribution in [3.05, 3.63) is 16.8 Å². The van der Waals surface area contributed by atoms with Gasteiger partial charge in [-0.2, -0.15) is 5.10 Å². The molecule has 1 rings (SSSR count). The van der Waals surface area contributed by atoms with Crippen molar-refractivity contribution >= 4 is 11.7 Å². The predicted octanol–water partition coefficient (Wildman–Crippen LogP) is 1.42. The van der Waals surface area contributed by atoms with Crippen LogP contribution in [0.1, 0.15) is 37.6 Å². The molecule has 100 valence electrons. The van der Waals surface area contributed by atoms with Gasteiger partial charge in [-0.15, -0.1) is 5.10 Å². The third kappa shape index (κ3) is 2.52. The van der Waals surface area contributed by atoms with E-state index in [1.807, 2.05) is 20.8 Å². The van der Waals surface area contributed by atoms with Crippen LogP contribution in [-0.4, -0.2) is 33.8 Å². The third-order valence-electron chi connectivity index (χ3n) is 3.04. The van der Waals surface area contributed by atoms with Crippen LogP contribution >= 0.6 is 0 Å². The SMILES string of the molecule is CCN(c1nnc(C)c(C)c1/C(N)=N/O)C(C)C. The van der Waals surface area contributed by atoms with E-state index in [-0.39, 0.29) is 11.9 Å². The van der Waals surface area contributed by atoms with Gasteiger partial charge >= 0.3 is 0 Å². The lowest BCUT2D eigenvalue weighted by Crippen LogP contribution is -2.34. The summed E-state index contributed by atoms with van der Waals surface area (Å²) in [6.45, 7) is 10.7. The van der Waals surface area contributed by atoms with E-state index in [2.05, 4.69) is 34.1 Å². The summed E-state index contributed by atoms with van der Waals surface area (Å²) in [6, 6.07) is 0.261. The Morgan fingerprint density at radius 2 is 2.00 bits per heavy atom. The normalized spacial score (nSPS) is 12.0. The number of aryl methyl sites for hydroxylation is 1. The fourth-order valence-corrected chi connectivity index (χ4v) is 1.91. The summed E-state index contributed by atoms with van der Waals surface area (Å²) in [5, 5.41) is 20.3. The highest BCUT2D eigenvalue weighted by Crippen LogP contribution is 2.23. The molecule has 1 heterocycles. The van der Waals surface area contributed by atoms with Gasteiger partial charge < -0.3 is 15.8 Å². The molecular formula is C12H21N5O. The molecule has 0 atom stereocenters. The zero-order valence-electron chi connectivity index (χ0n) is 11.6. The van der Waals surface area contributed by atoms with Gasteiger partial charge in [0.25, 0.3) is 0 Å². The maximum absolute atomic E-state index is 8.92. The molecule has 0 aromatic carbocycles. The minimum Gasteiger partial charge on any atom is -0.409 e. The maximum atomic E-state index is 8.92. The minimum absolute atomic E-state index is 0.0691. The Kier molecular flexibility index (Phi) is 4.47. The van der Waals surface area contributed by atoms with Crippen molar-refractivity contribution in [3.63, 3.8) is 0 Å². The largest absolute Gasteiger partial charge is 0.409 e. The summed E-state index contributed by atoms with van der Waals surface area (Å²) >= 11 is 0. The molecule has 0 aliphatic rings. The van der Waals surface area contributed by atoms with Crippen molar-refractivity contribution in [2.45, 2.75) is 40.7 Å². The van der Waals surface area contributed by atoms with E-state index in [4.69, 9.17) is 10.9 Å². The summed E-state index contributed by atoms with van der Waals surface area (Å²) in [5.41, 5.74) is 8.08. The summed E-state index contributed by atoms with van der Waals surface area (Å²) < 4.78 is 0. The van der Waals surface area contributed by atoms with E-state index in [0.717, 1.165) is 17.8 Å². The standard InChI is InChI=1S/C12H21N5O/c1-6-17(7(2)3)12-10(11(13)16-18)8(4)9(5)14-15-12/h7,18H,6H2,1-5H3,(H2,13,16). The van der Waals surface area contributed by atoms with E-state index in [1.165, 1.54) is 0 Å². The topological polar surface area (TPSA) is 87.6 Å². The molecule has 0 spiro atoms. The molecule has 0 unspecified atom stereocenters. The Hall–Kier alpha value is -1.85. The number of aromatic nitrogens is 2. The first kappa shape index (κ1) is 14.2. The van der Waals surface area contributed by atoms with E-state index in [0.29, 0.717) is 11.4 Å². The van der Waals surface area contributed by atoms with Gasteiger partial charge in [-0.25, -0.2) is 0 Å². The van der Waals surface area contributed by atoms with E-state index in [9.17, 15) is 0 Å². The van der Waals surface area contributed by atoms with Gasteiger partial charge in [0.1, 0.15) is 0 Å². The Bertz CT molecular complexity index is 456. The first-order chi connectivity index (χ1) is 8.43. The second-order valence-electron chi connectivity index (χ2n) is 4.47. The Labute approximate surface area is 108 Å². The van der Waals surface area contributed by atoms with Gasteiger partial charge in [0, 0.05) is 12.6 Å². The monoisotopic (exact) mass is 251 g/mol. The first-order valence-corrected chi connectivity index (χ1v) is 6.02. The molecule has 1 aromatic heterocycles. The predicted molar refractivity (Wildman–Crippen MR) is 72.2 cm³/mol. The molecule has 0 saturated carbocycles. The fourth-order valence-electron chi connectivity index (χ4n) is 1.91. The quantitative estimate of drug-likeness (QED) is 0.366. The molecule has 6 nitrogen and oxygen atoms in total. The number of hydrogen-bond acceptors (Lipinski definition) is 5.